The Morgan fingerprint density at radius 1 is 1.11 bits per heavy atom. The molecule has 2 heterocycles. The molecule has 0 saturated heterocycles. The maximum absolute atomic E-state index is 13.1. The fourth-order valence-corrected chi connectivity index (χ4v) is 6.47. The Hall–Kier alpha value is -1.27. The van der Waals surface area contributed by atoms with Crippen LogP contribution < -0.4 is 10.0 Å². The van der Waals surface area contributed by atoms with E-state index in [4.69, 9.17) is 12.2 Å². The molecule has 4 rings (SSSR count). The molecular weight excluding hydrogens is 579 g/mol. The zero-order valence-corrected chi connectivity index (χ0v) is 24.6. The van der Waals surface area contributed by atoms with Crippen LogP contribution in [0, 0.1) is 4.77 Å². The number of hydrogen-bond acceptors (Lipinski definition) is 6. The molecule has 1 radical (unpaired) electrons. The van der Waals surface area contributed by atoms with Gasteiger partial charge in [-0.3, -0.25) is 9.47 Å². The third-order valence-corrected chi connectivity index (χ3v) is 8.30. The number of fused-ring (bicyclic) bond motifs is 1. The number of aromatic nitrogens is 2. The Kier molecular flexibility index (Phi) is 9.96. The van der Waals surface area contributed by atoms with Gasteiger partial charge in [-0.05, 0) is 68.2 Å². The molecule has 0 fully saturated rings. The normalized spacial score (nSPS) is 17.4. The fraction of sp³-hybridized carbons (Fsp3) is 0.292. The average Bonchev–Trinajstić information content (AvgIpc) is 3.28. The summed E-state index contributed by atoms with van der Waals surface area (Å²) in [5, 5.41) is 13.2. The number of thioether (sulfide) groups is 1. The first kappa shape index (κ1) is 28.3. The Balaban J connectivity index is 0.00000342. The SMILES string of the molecule is CCn1c([O-])c(C=CC2Sc3ccccc3[NH+]2CCCCS(=O)(=O)[O-])n(-c2ccccc2)c1=S.[Y]. The summed E-state index contributed by atoms with van der Waals surface area (Å²) < 4.78 is 36.8. The zero-order chi connectivity index (χ0) is 24.3. The van der Waals surface area contributed by atoms with Crippen molar-refractivity contribution in [2.75, 3.05) is 12.3 Å². The summed E-state index contributed by atoms with van der Waals surface area (Å²) >= 11 is 7.32. The molecule has 0 bridgehead atoms. The van der Waals surface area contributed by atoms with Gasteiger partial charge in [-0.1, -0.05) is 42.1 Å². The number of hydrogen-bond donors (Lipinski definition) is 1. The first-order valence-electron chi connectivity index (χ1n) is 11.1. The van der Waals surface area contributed by atoms with E-state index in [-0.39, 0.29) is 49.7 Å². The predicted molar refractivity (Wildman–Crippen MR) is 134 cm³/mol. The minimum absolute atomic E-state index is 0. The third-order valence-electron chi connectivity index (χ3n) is 5.81. The number of rotatable bonds is 9. The van der Waals surface area contributed by atoms with E-state index in [2.05, 4.69) is 12.1 Å². The summed E-state index contributed by atoms with van der Waals surface area (Å²) in [7, 11) is -4.21. The van der Waals surface area contributed by atoms with Gasteiger partial charge in [-0.15, -0.1) is 0 Å². The van der Waals surface area contributed by atoms with Crippen molar-refractivity contribution in [2.24, 2.45) is 0 Å². The van der Waals surface area contributed by atoms with Crippen LogP contribution in [-0.4, -0.2) is 39.8 Å². The molecule has 2 unspecified atom stereocenters. The van der Waals surface area contributed by atoms with Gasteiger partial charge in [0.2, 0.25) is 0 Å². The van der Waals surface area contributed by atoms with Crippen molar-refractivity contribution in [3.8, 4) is 11.6 Å². The van der Waals surface area contributed by atoms with Gasteiger partial charge in [0, 0.05) is 56.8 Å². The summed E-state index contributed by atoms with van der Waals surface area (Å²) in [4.78, 5) is 2.32. The van der Waals surface area contributed by atoms with Crippen molar-refractivity contribution in [1.82, 2.24) is 9.13 Å². The fourth-order valence-electron chi connectivity index (χ4n) is 4.20. The van der Waals surface area contributed by atoms with Crippen molar-refractivity contribution >= 4 is 45.9 Å². The predicted octanol–water partition coefficient (Wildman–Crippen LogP) is 3.09. The van der Waals surface area contributed by atoms with Crippen molar-refractivity contribution in [2.45, 2.75) is 36.6 Å². The molecule has 0 saturated carbocycles. The van der Waals surface area contributed by atoms with E-state index < -0.39 is 10.1 Å². The largest absolute Gasteiger partial charge is 0.859 e. The van der Waals surface area contributed by atoms with E-state index in [0.29, 0.717) is 36.4 Å². The van der Waals surface area contributed by atoms with Gasteiger partial charge >= 0.3 is 0 Å². The smallest absolute Gasteiger partial charge is 0.184 e. The number of nitrogens with one attached hydrogen (secondary N) is 1. The van der Waals surface area contributed by atoms with E-state index in [1.165, 1.54) is 4.90 Å². The number of para-hydroxylation sites is 2. The first-order chi connectivity index (χ1) is 16.3. The standard InChI is InChI=1S/C24H27N3O4S3.Y/c1-2-25-23(28)20(27(24(25)32)18-10-4-3-5-11-18)14-15-22-26(16-8-9-17-34(29,30)31)19-12-6-7-13-21(19)33-22;/h3-7,10-15,22,28H,2,8-9,16-17H2,1H3,(H,29,30,31);/p-1. The average molecular weight is 606 g/mol. The van der Waals surface area contributed by atoms with Crippen molar-refractivity contribution < 1.29 is 55.7 Å². The van der Waals surface area contributed by atoms with Crippen LogP contribution in [-0.2, 0) is 49.4 Å². The molecule has 0 spiro atoms. The monoisotopic (exact) mass is 605 g/mol. The number of benzene rings is 2. The molecule has 2 atom stereocenters. The molecule has 0 amide bonds. The van der Waals surface area contributed by atoms with Gasteiger partial charge in [0.05, 0.1) is 27.3 Å². The van der Waals surface area contributed by atoms with Crippen molar-refractivity contribution in [1.29, 1.82) is 0 Å². The Morgan fingerprint density at radius 2 is 1.80 bits per heavy atom. The minimum atomic E-state index is -4.21. The Morgan fingerprint density at radius 3 is 2.49 bits per heavy atom. The number of unbranched alkanes of at least 4 members (excludes halogenated alkanes) is 1. The van der Waals surface area contributed by atoms with E-state index in [1.807, 2.05) is 66.1 Å². The number of quaternary nitrogens is 1. The van der Waals surface area contributed by atoms with Crippen LogP contribution in [0.15, 0.2) is 65.6 Å². The van der Waals surface area contributed by atoms with Crippen LogP contribution in [0.2, 0.25) is 0 Å². The Labute approximate surface area is 240 Å². The molecule has 3 aromatic rings. The van der Waals surface area contributed by atoms with Crippen LogP contribution in [0.4, 0.5) is 5.69 Å². The molecule has 7 nitrogen and oxygen atoms in total. The molecule has 35 heavy (non-hydrogen) atoms. The van der Waals surface area contributed by atoms with Gasteiger partial charge in [-0.2, -0.15) is 0 Å². The maximum Gasteiger partial charge on any atom is 0.184 e. The summed E-state index contributed by atoms with van der Waals surface area (Å²) in [6.45, 7) is 3.07. The second-order valence-electron chi connectivity index (χ2n) is 8.03. The maximum atomic E-state index is 13.1. The number of imidazole rings is 1. The Bertz CT molecular complexity index is 1350. The van der Waals surface area contributed by atoms with Crippen LogP contribution in [0.3, 0.4) is 0 Å². The van der Waals surface area contributed by atoms with Crippen molar-refractivity contribution in [3.63, 3.8) is 0 Å². The molecule has 1 N–H and O–H groups in total. The van der Waals surface area contributed by atoms with Crippen molar-refractivity contribution in [3.05, 3.63) is 71.1 Å². The van der Waals surface area contributed by atoms with Crippen LogP contribution in [0.1, 0.15) is 25.5 Å². The second kappa shape index (κ2) is 12.3. The molecule has 11 heteroatoms. The molecular formula is C24H26N3O4S3Y-. The van der Waals surface area contributed by atoms with E-state index in [9.17, 15) is 18.1 Å². The van der Waals surface area contributed by atoms with Gasteiger partial charge < -0.3 is 14.2 Å². The first-order valence-corrected chi connectivity index (χ1v) is 14.0. The van der Waals surface area contributed by atoms with E-state index >= 15 is 0 Å². The van der Waals surface area contributed by atoms with Crippen LogP contribution in [0.25, 0.3) is 11.8 Å². The quantitative estimate of drug-likeness (QED) is 0.229. The minimum Gasteiger partial charge on any atom is -0.859 e. The van der Waals surface area contributed by atoms with E-state index in [0.717, 1.165) is 16.3 Å². The van der Waals surface area contributed by atoms with Gasteiger partial charge in [0.25, 0.3) is 0 Å². The van der Waals surface area contributed by atoms with Gasteiger partial charge in [-0.25, -0.2) is 8.42 Å². The summed E-state index contributed by atoms with van der Waals surface area (Å²) in [5.41, 5.74) is 2.48. The summed E-state index contributed by atoms with van der Waals surface area (Å²) in [6, 6.07) is 17.7. The van der Waals surface area contributed by atoms with E-state index in [1.54, 1.807) is 16.3 Å². The molecule has 1 aromatic heterocycles. The second-order valence-corrected chi connectivity index (χ2v) is 11.1. The zero-order valence-electron chi connectivity index (χ0n) is 19.3. The van der Waals surface area contributed by atoms with Gasteiger partial charge in [0.15, 0.2) is 10.1 Å². The topological polar surface area (TPSA) is 94.6 Å². The summed E-state index contributed by atoms with van der Waals surface area (Å²) in [5.74, 6) is -0.478. The molecule has 1 aliphatic rings. The molecule has 0 aliphatic carbocycles. The molecule has 183 valence electrons. The number of nitrogens with zero attached hydrogens (tertiary/aromatic N) is 2. The van der Waals surface area contributed by atoms with Crippen LogP contribution >= 0.6 is 24.0 Å². The van der Waals surface area contributed by atoms with Gasteiger partial charge in [0.1, 0.15) is 5.69 Å². The molecule has 1 aliphatic heterocycles. The van der Waals surface area contributed by atoms with Crippen LogP contribution in [0.5, 0.6) is 5.88 Å². The third kappa shape index (κ3) is 6.54. The molecule has 2 aromatic carbocycles. The summed E-state index contributed by atoms with van der Waals surface area (Å²) in [6.07, 6.45) is 4.81.